The minimum atomic E-state index is -0.185. The Kier molecular flexibility index (Phi) is 6.46. The molecule has 0 aliphatic rings. The van der Waals surface area contributed by atoms with E-state index in [1.54, 1.807) is 0 Å². The molecule has 19 heavy (non-hydrogen) atoms. The topological polar surface area (TPSA) is 32.3 Å². The van der Waals surface area contributed by atoms with Crippen molar-refractivity contribution in [3.8, 4) is 0 Å². The molecule has 0 amide bonds. The molecule has 108 valence electrons. The number of hydrogen-bond acceptors (Lipinski definition) is 2. The van der Waals surface area contributed by atoms with Crippen LogP contribution in [-0.4, -0.2) is 24.8 Å². The molecule has 0 spiro atoms. The molecule has 0 fully saturated rings. The van der Waals surface area contributed by atoms with Crippen LogP contribution in [0, 0.1) is 11.2 Å². The minimum absolute atomic E-state index is 0.0181. The molecule has 0 saturated heterocycles. The van der Waals surface area contributed by atoms with Crippen LogP contribution in [-0.2, 0) is 0 Å². The van der Waals surface area contributed by atoms with Gasteiger partial charge in [0.25, 0.3) is 0 Å². The predicted molar refractivity (Wildman–Crippen MR) is 77.8 cm³/mol. The molecule has 0 saturated carbocycles. The summed E-state index contributed by atoms with van der Waals surface area (Å²) in [5, 5.41) is 12.6. The van der Waals surface area contributed by atoms with E-state index in [1.807, 2.05) is 12.1 Å². The van der Waals surface area contributed by atoms with Crippen LogP contribution in [0.5, 0.6) is 0 Å². The summed E-state index contributed by atoms with van der Waals surface area (Å²) in [4.78, 5) is 0. The number of nitrogens with one attached hydrogen (secondary N) is 1. The van der Waals surface area contributed by atoms with E-state index in [9.17, 15) is 4.39 Å². The van der Waals surface area contributed by atoms with Crippen LogP contribution in [0.15, 0.2) is 24.3 Å². The summed E-state index contributed by atoms with van der Waals surface area (Å²) in [5.74, 6) is 0.196. The molecule has 0 aliphatic carbocycles. The van der Waals surface area contributed by atoms with Gasteiger partial charge in [-0.15, -0.1) is 0 Å². The number of hydrogen-bond donors (Lipinski definition) is 2. The van der Waals surface area contributed by atoms with Gasteiger partial charge in [-0.25, -0.2) is 4.39 Å². The average Bonchev–Trinajstić information content (AvgIpc) is 2.39. The summed E-state index contributed by atoms with van der Waals surface area (Å²) < 4.78 is 12.8. The third-order valence-corrected chi connectivity index (χ3v) is 3.52. The highest BCUT2D eigenvalue weighted by Crippen LogP contribution is 2.20. The zero-order chi connectivity index (χ0) is 14.3. The van der Waals surface area contributed by atoms with Gasteiger partial charge >= 0.3 is 0 Å². The van der Waals surface area contributed by atoms with Gasteiger partial charge in [-0.3, -0.25) is 0 Å². The summed E-state index contributed by atoms with van der Waals surface area (Å²) >= 11 is 0. The van der Waals surface area contributed by atoms with Crippen molar-refractivity contribution in [3.05, 3.63) is 35.6 Å². The maximum atomic E-state index is 12.8. The lowest BCUT2D eigenvalue weighted by Gasteiger charge is -2.21. The van der Waals surface area contributed by atoms with Crippen molar-refractivity contribution in [2.75, 3.05) is 19.7 Å². The van der Waals surface area contributed by atoms with Gasteiger partial charge in [0.1, 0.15) is 5.82 Å². The molecule has 0 aromatic heterocycles. The van der Waals surface area contributed by atoms with E-state index in [-0.39, 0.29) is 17.8 Å². The normalized spacial score (nSPS) is 13.5. The van der Waals surface area contributed by atoms with E-state index in [4.69, 9.17) is 5.11 Å². The molecule has 1 aromatic carbocycles. The first-order valence-corrected chi connectivity index (χ1v) is 7.02. The molecule has 1 atom stereocenters. The maximum absolute atomic E-state index is 12.8. The van der Waals surface area contributed by atoms with Crippen molar-refractivity contribution < 1.29 is 9.50 Å². The largest absolute Gasteiger partial charge is 0.396 e. The Morgan fingerprint density at radius 2 is 1.89 bits per heavy atom. The van der Waals surface area contributed by atoms with Gasteiger partial charge in [0.2, 0.25) is 0 Å². The highest BCUT2D eigenvalue weighted by atomic mass is 19.1. The molecule has 0 heterocycles. The SMILES string of the molecule is CC(CNCCCC(C)(C)CO)c1ccc(F)cc1. The molecule has 1 rings (SSSR count). The molecule has 3 heteroatoms. The van der Waals surface area contributed by atoms with Crippen LogP contribution >= 0.6 is 0 Å². The van der Waals surface area contributed by atoms with Crippen LogP contribution < -0.4 is 5.32 Å². The van der Waals surface area contributed by atoms with E-state index in [2.05, 4.69) is 26.1 Å². The monoisotopic (exact) mass is 267 g/mol. The number of halogens is 1. The van der Waals surface area contributed by atoms with Crippen molar-refractivity contribution in [2.45, 2.75) is 39.5 Å². The molecule has 0 radical (unpaired) electrons. The van der Waals surface area contributed by atoms with E-state index < -0.39 is 0 Å². The number of aliphatic hydroxyl groups excluding tert-OH is 1. The lowest BCUT2D eigenvalue weighted by atomic mass is 9.89. The Morgan fingerprint density at radius 1 is 1.26 bits per heavy atom. The van der Waals surface area contributed by atoms with Crippen LogP contribution in [0.4, 0.5) is 4.39 Å². The third-order valence-electron chi connectivity index (χ3n) is 3.52. The predicted octanol–water partition coefficient (Wildman–Crippen LogP) is 3.32. The van der Waals surface area contributed by atoms with Crippen molar-refractivity contribution in [1.82, 2.24) is 5.32 Å². The van der Waals surface area contributed by atoms with Gasteiger partial charge in [-0.2, -0.15) is 0 Å². The highest BCUT2D eigenvalue weighted by molar-refractivity contribution is 5.20. The fraction of sp³-hybridized carbons (Fsp3) is 0.625. The zero-order valence-electron chi connectivity index (χ0n) is 12.2. The lowest BCUT2D eigenvalue weighted by molar-refractivity contribution is 0.148. The van der Waals surface area contributed by atoms with Crippen molar-refractivity contribution >= 4 is 0 Å². The second-order valence-electron chi connectivity index (χ2n) is 6.08. The van der Waals surface area contributed by atoms with Gasteiger partial charge in [0, 0.05) is 13.2 Å². The smallest absolute Gasteiger partial charge is 0.123 e. The summed E-state index contributed by atoms with van der Waals surface area (Å²) in [6, 6.07) is 6.71. The zero-order valence-corrected chi connectivity index (χ0v) is 12.2. The second kappa shape index (κ2) is 7.61. The van der Waals surface area contributed by atoms with Gasteiger partial charge in [0.15, 0.2) is 0 Å². The molecule has 1 unspecified atom stereocenters. The molecule has 2 nitrogen and oxygen atoms in total. The Bertz CT molecular complexity index is 362. The summed E-state index contributed by atoms with van der Waals surface area (Å²) in [6.07, 6.45) is 2.07. The first-order chi connectivity index (χ1) is 8.94. The van der Waals surface area contributed by atoms with Crippen molar-refractivity contribution in [2.24, 2.45) is 5.41 Å². The summed E-state index contributed by atoms with van der Waals surface area (Å²) in [5.41, 5.74) is 1.18. The third kappa shape index (κ3) is 6.17. The lowest BCUT2D eigenvalue weighted by Crippen LogP contribution is -2.24. The fourth-order valence-electron chi connectivity index (χ4n) is 2.00. The fourth-order valence-corrected chi connectivity index (χ4v) is 2.00. The van der Waals surface area contributed by atoms with Gasteiger partial charge in [-0.1, -0.05) is 32.9 Å². The van der Waals surface area contributed by atoms with Crippen LogP contribution in [0.25, 0.3) is 0 Å². The van der Waals surface area contributed by atoms with Gasteiger partial charge < -0.3 is 10.4 Å². The molecule has 2 N–H and O–H groups in total. The Balaban J connectivity index is 2.21. The van der Waals surface area contributed by atoms with Crippen molar-refractivity contribution in [3.63, 3.8) is 0 Å². The first kappa shape index (κ1) is 16.1. The Labute approximate surface area is 116 Å². The summed E-state index contributed by atoms with van der Waals surface area (Å²) in [7, 11) is 0. The second-order valence-corrected chi connectivity index (χ2v) is 6.08. The standard InChI is InChI=1S/C16H26FNO/c1-13(14-5-7-15(17)8-6-14)11-18-10-4-9-16(2,3)12-19/h5-8,13,18-19H,4,9-12H2,1-3H3. The number of rotatable bonds is 8. The molecular formula is C16H26FNO. The maximum Gasteiger partial charge on any atom is 0.123 e. The number of aliphatic hydroxyl groups is 1. The summed E-state index contributed by atoms with van der Waals surface area (Å²) in [6.45, 7) is 8.37. The van der Waals surface area contributed by atoms with E-state index in [1.165, 1.54) is 12.1 Å². The minimum Gasteiger partial charge on any atom is -0.396 e. The average molecular weight is 267 g/mol. The highest BCUT2D eigenvalue weighted by Gasteiger charge is 2.15. The van der Waals surface area contributed by atoms with Crippen LogP contribution in [0.2, 0.25) is 0 Å². The Hall–Kier alpha value is -0.930. The molecule has 0 aliphatic heterocycles. The Morgan fingerprint density at radius 3 is 2.47 bits per heavy atom. The van der Waals surface area contributed by atoms with Gasteiger partial charge in [0.05, 0.1) is 0 Å². The van der Waals surface area contributed by atoms with Gasteiger partial charge in [-0.05, 0) is 48.4 Å². The molecule has 0 bridgehead atoms. The van der Waals surface area contributed by atoms with E-state index >= 15 is 0 Å². The first-order valence-electron chi connectivity index (χ1n) is 7.02. The van der Waals surface area contributed by atoms with Crippen molar-refractivity contribution in [1.29, 1.82) is 0 Å². The number of benzene rings is 1. The van der Waals surface area contributed by atoms with E-state index in [0.717, 1.165) is 31.5 Å². The quantitative estimate of drug-likeness (QED) is 0.708. The molecule has 1 aromatic rings. The van der Waals surface area contributed by atoms with Crippen LogP contribution in [0.1, 0.15) is 45.1 Å². The molecular weight excluding hydrogens is 241 g/mol. The van der Waals surface area contributed by atoms with Crippen LogP contribution in [0.3, 0.4) is 0 Å². The van der Waals surface area contributed by atoms with E-state index in [0.29, 0.717) is 5.92 Å².